The molecule has 6 heteroatoms. The molecular weight excluding hydrogens is 233 g/mol. The number of carbonyl (C=O) groups is 1. The van der Waals surface area contributed by atoms with E-state index in [0.717, 1.165) is 0 Å². The molecule has 4 nitrogen and oxygen atoms in total. The summed E-state index contributed by atoms with van der Waals surface area (Å²) in [6.45, 7) is 0. The number of hydrogen-bond acceptors (Lipinski definition) is 3. The summed E-state index contributed by atoms with van der Waals surface area (Å²) in [7, 11) is 0. The topological polar surface area (TPSA) is 68.9 Å². The van der Waals surface area contributed by atoms with Crippen molar-refractivity contribution in [3.05, 3.63) is 21.6 Å². The highest BCUT2D eigenvalue weighted by atomic mass is 79.9. The van der Waals surface area contributed by atoms with Crippen molar-refractivity contribution in [2.24, 2.45) is 5.73 Å². The van der Waals surface area contributed by atoms with Crippen LogP contribution in [0.5, 0.6) is 0 Å². The monoisotopic (exact) mass is 235 g/mol. The Kier molecular flexibility index (Phi) is 2.41. The van der Waals surface area contributed by atoms with Crippen LogP contribution in [0.4, 0.5) is 0 Å². The molecule has 2 N–H and O–H groups in total. The number of rotatable bonds is 1. The third-order valence-electron chi connectivity index (χ3n) is 0.932. The fourth-order valence-electron chi connectivity index (χ4n) is 0.510. The average Bonchev–Trinajstić information content (AvgIpc) is 1.94. The predicted molar refractivity (Wildman–Crippen MR) is 43.3 cm³/mol. The number of carbonyl (C=O) groups excluding carboxylic acids is 1. The highest BCUT2D eigenvalue weighted by Crippen LogP contribution is 2.12. The molecule has 1 aromatic rings. The number of nitrogens with two attached hydrogens (primary N) is 1. The van der Waals surface area contributed by atoms with Gasteiger partial charge in [0.05, 0.1) is 6.20 Å². The second-order valence-electron chi connectivity index (χ2n) is 1.70. The van der Waals surface area contributed by atoms with Crippen LogP contribution in [0.2, 0.25) is 5.15 Å². The van der Waals surface area contributed by atoms with Crippen molar-refractivity contribution < 1.29 is 4.79 Å². The lowest BCUT2D eigenvalue weighted by Crippen LogP contribution is -2.14. The molecule has 0 aliphatic heterocycles. The van der Waals surface area contributed by atoms with Crippen LogP contribution in [0.15, 0.2) is 10.8 Å². The Morgan fingerprint density at radius 2 is 2.36 bits per heavy atom. The first-order valence-corrected chi connectivity index (χ1v) is 3.76. The zero-order valence-corrected chi connectivity index (χ0v) is 7.56. The molecule has 0 fully saturated rings. The van der Waals surface area contributed by atoms with Gasteiger partial charge in [-0.25, -0.2) is 9.97 Å². The Morgan fingerprint density at radius 1 is 1.73 bits per heavy atom. The maximum atomic E-state index is 10.6. The summed E-state index contributed by atoms with van der Waals surface area (Å²) >= 11 is 8.46. The van der Waals surface area contributed by atoms with Crippen LogP contribution in [0.3, 0.4) is 0 Å². The van der Waals surface area contributed by atoms with Gasteiger partial charge in [-0.05, 0) is 15.9 Å². The summed E-state index contributed by atoms with van der Waals surface area (Å²) in [5, 5.41) is 0.141. The number of aromatic nitrogens is 2. The second-order valence-corrected chi connectivity index (χ2v) is 2.83. The molecule has 0 unspecified atom stereocenters. The van der Waals surface area contributed by atoms with Gasteiger partial charge >= 0.3 is 0 Å². The molecule has 58 valence electrons. The van der Waals surface area contributed by atoms with Crippen LogP contribution in [-0.2, 0) is 0 Å². The Balaban J connectivity index is 3.23. The molecule has 1 heterocycles. The van der Waals surface area contributed by atoms with Crippen LogP contribution < -0.4 is 5.73 Å². The Hall–Kier alpha value is -0.680. The van der Waals surface area contributed by atoms with Gasteiger partial charge in [-0.15, -0.1) is 0 Å². The fraction of sp³-hybridized carbons (Fsp3) is 0. The van der Waals surface area contributed by atoms with E-state index in [1.165, 1.54) is 6.20 Å². The summed E-state index contributed by atoms with van der Waals surface area (Å²) in [6.07, 6.45) is 1.32. The number of nitrogens with zero attached hydrogens (tertiary/aromatic N) is 2. The van der Waals surface area contributed by atoms with E-state index >= 15 is 0 Å². The fourth-order valence-corrected chi connectivity index (χ4v) is 1.03. The van der Waals surface area contributed by atoms with E-state index in [1.807, 2.05) is 0 Å². The molecule has 0 atom stereocenters. The summed E-state index contributed by atoms with van der Waals surface area (Å²) in [6, 6.07) is 0. The van der Waals surface area contributed by atoms with Gasteiger partial charge in [-0.1, -0.05) is 11.6 Å². The van der Waals surface area contributed by atoms with Crippen LogP contribution >= 0.6 is 27.5 Å². The van der Waals surface area contributed by atoms with Gasteiger partial charge in [-0.2, -0.15) is 0 Å². The molecule has 1 amide bonds. The lowest BCUT2D eigenvalue weighted by atomic mass is 10.4. The average molecular weight is 236 g/mol. The molecule has 1 rings (SSSR count). The standard InChI is InChI=1S/C5H3BrClN3O/c6-4-3(5(8)11)10-2(7)1-9-4/h1H,(H2,8,11). The van der Waals surface area contributed by atoms with Gasteiger partial charge in [0.1, 0.15) is 9.76 Å². The van der Waals surface area contributed by atoms with Gasteiger partial charge in [0, 0.05) is 0 Å². The molecule has 1 aromatic heterocycles. The van der Waals surface area contributed by atoms with E-state index in [2.05, 4.69) is 25.9 Å². The van der Waals surface area contributed by atoms with Gasteiger partial charge < -0.3 is 5.73 Å². The van der Waals surface area contributed by atoms with Crippen molar-refractivity contribution in [2.75, 3.05) is 0 Å². The van der Waals surface area contributed by atoms with Gasteiger partial charge in [0.15, 0.2) is 5.69 Å². The number of hydrogen-bond donors (Lipinski definition) is 1. The Bertz CT molecular complexity index is 304. The summed E-state index contributed by atoms with van der Waals surface area (Å²) in [5.74, 6) is -0.660. The quantitative estimate of drug-likeness (QED) is 0.790. The normalized spacial score (nSPS) is 9.64. The highest BCUT2D eigenvalue weighted by molar-refractivity contribution is 9.10. The van der Waals surface area contributed by atoms with Gasteiger partial charge in [0.25, 0.3) is 5.91 Å². The third kappa shape index (κ3) is 1.87. The van der Waals surface area contributed by atoms with Crippen molar-refractivity contribution >= 4 is 33.4 Å². The summed E-state index contributed by atoms with van der Waals surface area (Å²) < 4.78 is 0.300. The van der Waals surface area contributed by atoms with Crippen LogP contribution in [0.1, 0.15) is 10.5 Å². The molecule has 0 spiro atoms. The van der Waals surface area contributed by atoms with Crippen LogP contribution in [0, 0.1) is 0 Å². The molecule has 0 bridgehead atoms. The van der Waals surface area contributed by atoms with Crippen LogP contribution in [-0.4, -0.2) is 15.9 Å². The summed E-state index contributed by atoms with van der Waals surface area (Å²) in [5.41, 5.74) is 4.99. The number of halogens is 2. The lowest BCUT2D eigenvalue weighted by Gasteiger charge is -1.96. The largest absolute Gasteiger partial charge is 0.364 e. The molecule has 0 aromatic carbocycles. The van der Waals surface area contributed by atoms with E-state index in [0.29, 0.717) is 4.60 Å². The van der Waals surface area contributed by atoms with Gasteiger partial charge in [0.2, 0.25) is 0 Å². The van der Waals surface area contributed by atoms with E-state index in [-0.39, 0.29) is 10.8 Å². The first-order chi connectivity index (χ1) is 5.11. The van der Waals surface area contributed by atoms with Crippen molar-refractivity contribution in [2.45, 2.75) is 0 Å². The van der Waals surface area contributed by atoms with Crippen LogP contribution in [0.25, 0.3) is 0 Å². The lowest BCUT2D eigenvalue weighted by molar-refractivity contribution is 0.0994. The molecule has 0 saturated heterocycles. The highest BCUT2D eigenvalue weighted by Gasteiger charge is 2.08. The number of primary amides is 1. The van der Waals surface area contributed by atoms with Gasteiger partial charge in [-0.3, -0.25) is 4.79 Å². The molecular formula is C5H3BrClN3O. The zero-order chi connectivity index (χ0) is 8.43. The van der Waals surface area contributed by atoms with E-state index in [4.69, 9.17) is 17.3 Å². The second kappa shape index (κ2) is 3.15. The Morgan fingerprint density at radius 3 is 2.82 bits per heavy atom. The van der Waals surface area contributed by atoms with Crippen molar-refractivity contribution in [3.8, 4) is 0 Å². The summed E-state index contributed by atoms with van der Waals surface area (Å²) in [4.78, 5) is 18.0. The molecule has 0 aliphatic carbocycles. The molecule has 0 saturated carbocycles. The first-order valence-electron chi connectivity index (χ1n) is 2.59. The van der Waals surface area contributed by atoms with E-state index in [9.17, 15) is 4.79 Å². The molecule has 0 aliphatic rings. The minimum absolute atomic E-state index is 0.0394. The molecule has 0 radical (unpaired) electrons. The van der Waals surface area contributed by atoms with Crippen molar-refractivity contribution in [1.82, 2.24) is 9.97 Å². The minimum atomic E-state index is -0.660. The number of amides is 1. The van der Waals surface area contributed by atoms with Crippen molar-refractivity contribution in [1.29, 1.82) is 0 Å². The first kappa shape index (κ1) is 8.42. The van der Waals surface area contributed by atoms with Crippen molar-refractivity contribution in [3.63, 3.8) is 0 Å². The molecule has 11 heavy (non-hydrogen) atoms. The maximum Gasteiger partial charge on any atom is 0.270 e. The minimum Gasteiger partial charge on any atom is -0.364 e. The smallest absolute Gasteiger partial charge is 0.270 e. The Labute approximate surface area is 75.9 Å². The SMILES string of the molecule is NC(=O)c1nc(Cl)cnc1Br. The maximum absolute atomic E-state index is 10.6. The van der Waals surface area contributed by atoms with E-state index in [1.54, 1.807) is 0 Å². The predicted octanol–water partition coefficient (Wildman–Crippen LogP) is 0.991. The third-order valence-corrected chi connectivity index (χ3v) is 1.69. The van der Waals surface area contributed by atoms with E-state index < -0.39 is 5.91 Å². The zero-order valence-electron chi connectivity index (χ0n) is 5.21.